The van der Waals surface area contributed by atoms with Gasteiger partial charge in [0.05, 0.1) is 23.2 Å². The summed E-state index contributed by atoms with van der Waals surface area (Å²) in [4.78, 5) is 0.850. The lowest BCUT2D eigenvalue weighted by atomic mass is 10.1. The summed E-state index contributed by atoms with van der Waals surface area (Å²) in [5.41, 5.74) is 0. The Bertz CT molecular complexity index is 409. The Hall–Kier alpha value is -0.870. The van der Waals surface area contributed by atoms with Crippen molar-refractivity contribution in [2.24, 2.45) is 0 Å². The first-order valence-corrected chi connectivity index (χ1v) is 8.11. The number of hydrogen-bond donors (Lipinski definition) is 1. The predicted octanol–water partition coefficient (Wildman–Crippen LogP) is 2.97. The molecule has 0 fully saturated rings. The van der Waals surface area contributed by atoms with E-state index in [1.54, 1.807) is 7.11 Å². The molecule has 0 saturated heterocycles. The summed E-state index contributed by atoms with van der Waals surface area (Å²) in [5.74, 6) is 0.761. The molecule has 4 heteroatoms. The van der Waals surface area contributed by atoms with Crippen molar-refractivity contribution >= 4 is 10.8 Å². The Labute approximate surface area is 119 Å². The molecule has 19 heavy (non-hydrogen) atoms. The fourth-order valence-electron chi connectivity index (χ4n) is 2.31. The fourth-order valence-corrected chi connectivity index (χ4v) is 3.98. The molecule has 3 unspecified atom stereocenters. The monoisotopic (exact) mass is 283 g/mol. The van der Waals surface area contributed by atoms with Crippen LogP contribution in [-0.4, -0.2) is 29.7 Å². The Kier molecular flexibility index (Phi) is 7.10. The molecule has 3 nitrogen and oxygen atoms in total. The predicted molar refractivity (Wildman–Crippen MR) is 81.2 cm³/mol. The minimum absolute atomic E-state index is 0.136. The van der Waals surface area contributed by atoms with Crippen LogP contribution in [0.5, 0.6) is 5.75 Å². The molecule has 3 atom stereocenters. The zero-order chi connectivity index (χ0) is 14.3. The van der Waals surface area contributed by atoms with Gasteiger partial charge in [0.1, 0.15) is 5.75 Å². The topological polar surface area (TPSA) is 38.3 Å². The van der Waals surface area contributed by atoms with E-state index in [1.807, 2.05) is 31.3 Å². The third-order valence-corrected chi connectivity index (χ3v) is 5.30. The van der Waals surface area contributed by atoms with Crippen LogP contribution in [0, 0.1) is 0 Å². The van der Waals surface area contributed by atoms with Crippen LogP contribution in [0.25, 0.3) is 0 Å². The molecule has 0 spiro atoms. The maximum Gasteiger partial charge on any atom is 0.120 e. The van der Waals surface area contributed by atoms with E-state index in [4.69, 9.17) is 4.74 Å². The molecule has 0 aliphatic heterocycles. The van der Waals surface area contributed by atoms with Gasteiger partial charge in [-0.25, -0.2) is 0 Å². The SMILES string of the molecule is CCCC(NC)C(CC)S(=O)c1cccc(OC)c1. The molecular weight excluding hydrogens is 258 g/mol. The first-order valence-electron chi connectivity index (χ1n) is 6.89. The normalized spacial score (nSPS) is 15.8. The van der Waals surface area contributed by atoms with Gasteiger partial charge in [-0.2, -0.15) is 0 Å². The molecule has 0 saturated carbocycles. The van der Waals surface area contributed by atoms with E-state index < -0.39 is 10.8 Å². The molecule has 0 bridgehead atoms. The number of hydrogen-bond acceptors (Lipinski definition) is 3. The number of ether oxygens (including phenoxy) is 1. The molecule has 1 aromatic carbocycles. The van der Waals surface area contributed by atoms with E-state index in [0.717, 1.165) is 29.9 Å². The maximum absolute atomic E-state index is 12.7. The van der Waals surface area contributed by atoms with E-state index in [9.17, 15) is 4.21 Å². The number of methoxy groups -OCH3 is 1. The summed E-state index contributed by atoms with van der Waals surface area (Å²) in [6, 6.07) is 7.86. The van der Waals surface area contributed by atoms with Crippen LogP contribution in [0.15, 0.2) is 29.2 Å². The van der Waals surface area contributed by atoms with Gasteiger partial charge >= 0.3 is 0 Å². The van der Waals surface area contributed by atoms with Crippen molar-refractivity contribution in [2.45, 2.75) is 49.3 Å². The number of rotatable bonds is 8. The third-order valence-electron chi connectivity index (χ3n) is 3.37. The van der Waals surface area contributed by atoms with Gasteiger partial charge < -0.3 is 10.1 Å². The molecule has 108 valence electrons. The van der Waals surface area contributed by atoms with Crippen molar-refractivity contribution in [3.05, 3.63) is 24.3 Å². The van der Waals surface area contributed by atoms with Crippen molar-refractivity contribution in [1.29, 1.82) is 0 Å². The van der Waals surface area contributed by atoms with E-state index in [2.05, 4.69) is 19.2 Å². The molecule has 0 aromatic heterocycles. The van der Waals surface area contributed by atoms with Crippen molar-refractivity contribution in [3.63, 3.8) is 0 Å². The van der Waals surface area contributed by atoms with Gasteiger partial charge in [-0.1, -0.05) is 26.3 Å². The van der Waals surface area contributed by atoms with Gasteiger partial charge in [-0.3, -0.25) is 4.21 Å². The van der Waals surface area contributed by atoms with Crippen LogP contribution in [0.2, 0.25) is 0 Å². The van der Waals surface area contributed by atoms with Gasteiger partial charge in [-0.05, 0) is 38.1 Å². The Morgan fingerprint density at radius 2 is 2.11 bits per heavy atom. The molecular formula is C15H25NO2S. The summed E-state index contributed by atoms with van der Waals surface area (Å²) < 4.78 is 17.9. The van der Waals surface area contributed by atoms with Gasteiger partial charge in [0, 0.05) is 10.9 Å². The summed E-state index contributed by atoms with van der Waals surface area (Å²) in [5, 5.41) is 3.45. The standard InChI is InChI=1S/C15H25NO2S/c1-5-8-14(16-3)15(6-2)19(17)13-10-7-9-12(11-13)18-4/h7,9-11,14-16H,5-6,8H2,1-4H3. The molecule has 0 aliphatic rings. The van der Waals surface area contributed by atoms with E-state index in [0.29, 0.717) is 6.04 Å². The molecule has 1 rings (SSSR count). The van der Waals surface area contributed by atoms with Gasteiger partial charge in [0.25, 0.3) is 0 Å². The summed E-state index contributed by atoms with van der Waals surface area (Å²) in [6.07, 6.45) is 3.04. The third kappa shape index (κ3) is 4.32. The second kappa shape index (κ2) is 8.33. The van der Waals surface area contributed by atoms with Gasteiger partial charge in [-0.15, -0.1) is 0 Å². The molecule has 1 aromatic rings. The smallest absolute Gasteiger partial charge is 0.120 e. The minimum Gasteiger partial charge on any atom is -0.497 e. The zero-order valence-electron chi connectivity index (χ0n) is 12.3. The molecule has 0 radical (unpaired) electrons. The van der Waals surface area contributed by atoms with E-state index in [-0.39, 0.29) is 5.25 Å². The number of benzene rings is 1. The van der Waals surface area contributed by atoms with Crippen LogP contribution in [0.4, 0.5) is 0 Å². The highest BCUT2D eigenvalue weighted by Gasteiger charge is 2.25. The quantitative estimate of drug-likeness (QED) is 0.797. The lowest BCUT2D eigenvalue weighted by Crippen LogP contribution is -2.39. The minimum atomic E-state index is -1.01. The Balaban J connectivity index is 2.93. The average molecular weight is 283 g/mol. The van der Waals surface area contributed by atoms with Crippen LogP contribution in [0.1, 0.15) is 33.1 Å². The van der Waals surface area contributed by atoms with Crippen LogP contribution in [0.3, 0.4) is 0 Å². The van der Waals surface area contributed by atoms with Crippen molar-refractivity contribution in [1.82, 2.24) is 5.32 Å². The highest BCUT2D eigenvalue weighted by atomic mass is 32.2. The first-order chi connectivity index (χ1) is 9.17. The summed E-state index contributed by atoms with van der Waals surface area (Å²) in [6.45, 7) is 4.26. The van der Waals surface area contributed by atoms with Crippen LogP contribution in [-0.2, 0) is 10.8 Å². The van der Waals surface area contributed by atoms with Crippen LogP contribution >= 0.6 is 0 Å². The fraction of sp³-hybridized carbons (Fsp3) is 0.600. The van der Waals surface area contributed by atoms with E-state index in [1.165, 1.54) is 0 Å². The Morgan fingerprint density at radius 3 is 2.63 bits per heavy atom. The highest BCUT2D eigenvalue weighted by Crippen LogP contribution is 2.22. The summed E-state index contributed by atoms with van der Waals surface area (Å²) in [7, 11) is 2.57. The lowest BCUT2D eigenvalue weighted by Gasteiger charge is -2.25. The largest absolute Gasteiger partial charge is 0.497 e. The Morgan fingerprint density at radius 1 is 1.37 bits per heavy atom. The van der Waals surface area contributed by atoms with Crippen molar-refractivity contribution in [2.75, 3.05) is 14.2 Å². The van der Waals surface area contributed by atoms with Gasteiger partial charge in [0.2, 0.25) is 0 Å². The first kappa shape index (κ1) is 16.2. The molecule has 0 aliphatic carbocycles. The number of nitrogens with one attached hydrogen (secondary N) is 1. The van der Waals surface area contributed by atoms with E-state index >= 15 is 0 Å². The van der Waals surface area contributed by atoms with Crippen molar-refractivity contribution < 1.29 is 8.95 Å². The molecule has 0 heterocycles. The molecule has 0 amide bonds. The average Bonchev–Trinajstić information content (AvgIpc) is 2.46. The second-order valence-electron chi connectivity index (χ2n) is 4.61. The van der Waals surface area contributed by atoms with Crippen LogP contribution < -0.4 is 10.1 Å². The highest BCUT2D eigenvalue weighted by molar-refractivity contribution is 7.85. The summed E-state index contributed by atoms with van der Waals surface area (Å²) >= 11 is 0. The van der Waals surface area contributed by atoms with Gasteiger partial charge in [0.15, 0.2) is 0 Å². The zero-order valence-corrected chi connectivity index (χ0v) is 13.1. The second-order valence-corrected chi connectivity index (χ2v) is 6.28. The maximum atomic E-state index is 12.7. The molecule has 1 N–H and O–H groups in total. The lowest BCUT2D eigenvalue weighted by molar-refractivity contribution is 0.413. The van der Waals surface area contributed by atoms with Crippen molar-refractivity contribution in [3.8, 4) is 5.75 Å².